The molecular weight excluding hydrogens is 334 g/mol. The van der Waals surface area contributed by atoms with Gasteiger partial charge in [-0.05, 0) is 12.1 Å². The van der Waals surface area contributed by atoms with E-state index in [1.54, 1.807) is 7.11 Å². The van der Waals surface area contributed by atoms with Crippen molar-refractivity contribution in [3.8, 4) is 5.75 Å². The van der Waals surface area contributed by atoms with Crippen molar-refractivity contribution in [1.82, 2.24) is 14.9 Å². The van der Waals surface area contributed by atoms with Crippen LogP contribution in [0.5, 0.6) is 5.75 Å². The van der Waals surface area contributed by atoms with Gasteiger partial charge < -0.3 is 10.5 Å². The molecule has 2 heterocycles. The number of thioether (sulfide) groups is 1. The molecule has 0 fully saturated rings. The van der Waals surface area contributed by atoms with Gasteiger partial charge in [0.2, 0.25) is 11.0 Å². The summed E-state index contributed by atoms with van der Waals surface area (Å²) in [6, 6.07) is 17.9. The molecule has 25 heavy (non-hydrogen) atoms. The van der Waals surface area contributed by atoms with Crippen molar-refractivity contribution < 1.29 is 10.5 Å². The Hall–Kier alpha value is -2.77. The van der Waals surface area contributed by atoms with E-state index in [0.717, 1.165) is 33.6 Å². The number of methoxy groups -OCH3 is 1. The van der Waals surface area contributed by atoms with Gasteiger partial charge in [-0.3, -0.25) is 5.43 Å². The van der Waals surface area contributed by atoms with Crippen LogP contribution < -0.4 is 15.9 Å². The van der Waals surface area contributed by atoms with E-state index in [0.29, 0.717) is 0 Å². The second-order valence-corrected chi connectivity index (χ2v) is 6.47. The molecule has 4 rings (SSSR count). The van der Waals surface area contributed by atoms with Gasteiger partial charge in [0, 0.05) is 16.5 Å². The van der Waals surface area contributed by atoms with E-state index in [-0.39, 0.29) is 6.04 Å². The van der Waals surface area contributed by atoms with Crippen LogP contribution in [0.2, 0.25) is 0 Å². The van der Waals surface area contributed by atoms with Crippen molar-refractivity contribution in [3.05, 3.63) is 77.0 Å². The van der Waals surface area contributed by atoms with Crippen molar-refractivity contribution in [2.45, 2.75) is 11.2 Å². The number of fused-ring (bicyclic) bond motifs is 1. The third-order valence-electron chi connectivity index (χ3n) is 4.07. The Morgan fingerprint density at radius 2 is 1.96 bits per heavy atom. The molecule has 126 valence electrons. The predicted molar refractivity (Wildman–Crippen MR) is 97.4 cm³/mol. The molecule has 2 aromatic carbocycles. The topological polar surface area (TPSA) is 79.6 Å². The zero-order valence-corrected chi connectivity index (χ0v) is 14.5. The van der Waals surface area contributed by atoms with Gasteiger partial charge in [-0.15, -0.1) is 10.2 Å². The highest BCUT2D eigenvalue weighted by Gasteiger charge is 2.25. The zero-order valence-electron chi connectivity index (χ0n) is 13.7. The van der Waals surface area contributed by atoms with Gasteiger partial charge in [0.25, 0.3) is 0 Å². The molecule has 1 aromatic heterocycles. The Balaban J connectivity index is 1.65. The summed E-state index contributed by atoms with van der Waals surface area (Å²) in [5.41, 5.74) is 10.8. The molecule has 1 atom stereocenters. The Morgan fingerprint density at radius 3 is 2.76 bits per heavy atom. The van der Waals surface area contributed by atoms with E-state index in [9.17, 15) is 0 Å². The van der Waals surface area contributed by atoms with Gasteiger partial charge in [-0.25, -0.2) is 4.68 Å². The summed E-state index contributed by atoms with van der Waals surface area (Å²) in [5, 5.41) is 11.4. The number of nitrogens with one attached hydrogen (secondary N) is 1. The van der Waals surface area contributed by atoms with E-state index in [4.69, 9.17) is 4.74 Å². The fourth-order valence-electron chi connectivity index (χ4n) is 2.70. The maximum Gasteiger partial charge on any atom is 0.215 e. The highest BCUT2D eigenvalue weighted by Crippen LogP contribution is 2.31. The highest BCUT2D eigenvalue weighted by atomic mass is 32.2. The lowest BCUT2D eigenvalue weighted by atomic mass is 10.1. The zero-order chi connectivity index (χ0) is 17.2. The lowest BCUT2D eigenvalue weighted by Gasteiger charge is -2.20. The lowest BCUT2D eigenvalue weighted by Crippen LogP contribution is -2.55. The molecule has 0 unspecified atom stereocenters. The number of hydrogen-bond donors (Lipinski definition) is 2. The standard InChI is InChI=1S/C18H17N5OS/c1-24-14-9-5-8-13(10-14)15-11-25-18-21-20-17(23(18)22-15)16(19)12-6-3-2-4-7-12/h2-11,16,22H,19H2,1H3/p+1/t16-/m1/s1. The smallest absolute Gasteiger partial charge is 0.215 e. The van der Waals surface area contributed by atoms with Crippen molar-refractivity contribution >= 4 is 17.5 Å². The van der Waals surface area contributed by atoms with Crippen LogP contribution in [0.15, 0.2) is 65.2 Å². The van der Waals surface area contributed by atoms with Gasteiger partial charge in [-0.2, -0.15) is 0 Å². The monoisotopic (exact) mass is 352 g/mol. The quantitative estimate of drug-likeness (QED) is 0.753. The number of nitrogens with zero attached hydrogens (tertiary/aromatic N) is 3. The predicted octanol–water partition coefficient (Wildman–Crippen LogP) is 2.27. The molecule has 6 nitrogen and oxygen atoms in total. The number of benzene rings is 2. The van der Waals surface area contributed by atoms with E-state index >= 15 is 0 Å². The average Bonchev–Trinajstić information content (AvgIpc) is 3.11. The fraction of sp³-hybridized carbons (Fsp3) is 0.111. The molecule has 1 aliphatic rings. The Kier molecular flexibility index (Phi) is 4.17. The van der Waals surface area contributed by atoms with Gasteiger partial charge >= 0.3 is 0 Å². The summed E-state index contributed by atoms with van der Waals surface area (Å²) < 4.78 is 7.22. The van der Waals surface area contributed by atoms with E-state index in [1.807, 2.05) is 64.7 Å². The molecule has 0 saturated carbocycles. The number of aromatic nitrogens is 3. The van der Waals surface area contributed by atoms with Gasteiger partial charge in [-0.1, -0.05) is 54.2 Å². The number of quaternary nitrogens is 1. The van der Waals surface area contributed by atoms with E-state index in [2.05, 4.69) is 21.4 Å². The summed E-state index contributed by atoms with van der Waals surface area (Å²) in [5.74, 6) is 1.60. The van der Waals surface area contributed by atoms with Crippen LogP contribution in [-0.2, 0) is 0 Å². The minimum Gasteiger partial charge on any atom is -0.497 e. The van der Waals surface area contributed by atoms with Crippen LogP contribution in [0.25, 0.3) is 5.70 Å². The molecule has 0 aliphatic carbocycles. The minimum absolute atomic E-state index is 0.111. The van der Waals surface area contributed by atoms with Crippen molar-refractivity contribution in [3.63, 3.8) is 0 Å². The summed E-state index contributed by atoms with van der Waals surface area (Å²) in [4.78, 5) is 0. The molecule has 3 aromatic rings. The Labute approximate surface area is 149 Å². The van der Waals surface area contributed by atoms with Crippen LogP contribution in [0, 0.1) is 0 Å². The second-order valence-electron chi connectivity index (χ2n) is 5.63. The van der Waals surface area contributed by atoms with E-state index < -0.39 is 0 Å². The van der Waals surface area contributed by atoms with E-state index in [1.165, 1.54) is 11.8 Å². The number of rotatable bonds is 4. The maximum atomic E-state index is 5.32. The summed E-state index contributed by atoms with van der Waals surface area (Å²) >= 11 is 1.53. The molecule has 1 aliphatic heterocycles. The van der Waals surface area contributed by atoms with Crippen LogP contribution >= 0.6 is 11.8 Å². The molecule has 0 amide bonds. The summed E-state index contributed by atoms with van der Waals surface area (Å²) in [6.07, 6.45) is 0. The molecule has 0 spiro atoms. The lowest BCUT2D eigenvalue weighted by molar-refractivity contribution is -0.414. The van der Waals surface area contributed by atoms with Crippen LogP contribution in [0.1, 0.15) is 23.0 Å². The van der Waals surface area contributed by atoms with Gasteiger partial charge in [0.15, 0.2) is 6.04 Å². The van der Waals surface area contributed by atoms with Crippen LogP contribution in [0.3, 0.4) is 0 Å². The molecular formula is C18H18N5OS+. The van der Waals surface area contributed by atoms with Crippen LogP contribution in [-0.4, -0.2) is 22.0 Å². The second kappa shape index (κ2) is 6.62. The van der Waals surface area contributed by atoms with Crippen LogP contribution in [0.4, 0.5) is 0 Å². The molecule has 4 N–H and O–H groups in total. The molecule has 0 radical (unpaired) electrons. The fourth-order valence-corrected chi connectivity index (χ4v) is 3.45. The van der Waals surface area contributed by atoms with Gasteiger partial charge in [0.1, 0.15) is 5.75 Å². The third kappa shape index (κ3) is 2.99. The number of ether oxygens (including phenoxy) is 1. The van der Waals surface area contributed by atoms with Gasteiger partial charge in [0.05, 0.1) is 12.8 Å². The van der Waals surface area contributed by atoms with Crippen molar-refractivity contribution in [1.29, 1.82) is 0 Å². The first-order valence-electron chi connectivity index (χ1n) is 7.88. The van der Waals surface area contributed by atoms with Crippen molar-refractivity contribution in [2.75, 3.05) is 12.5 Å². The maximum absolute atomic E-state index is 5.32. The largest absolute Gasteiger partial charge is 0.497 e. The number of hydrogen-bond acceptors (Lipinski definition) is 5. The summed E-state index contributed by atoms with van der Waals surface area (Å²) in [7, 11) is 1.67. The summed E-state index contributed by atoms with van der Waals surface area (Å²) in [6.45, 7) is 0. The third-order valence-corrected chi connectivity index (χ3v) is 4.90. The van der Waals surface area contributed by atoms with Crippen molar-refractivity contribution in [2.24, 2.45) is 0 Å². The first-order chi connectivity index (χ1) is 12.3. The Bertz CT molecular complexity index is 922. The SMILES string of the molecule is COc1cccc(C2=CSc3nnc([C@H]([NH3+])c4ccccc4)n3N2)c1. The Morgan fingerprint density at radius 1 is 1.12 bits per heavy atom. The molecule has 0 saturated heterocycles. The first kappa shape index (κ1) is 15.7. The molecule has 0 bridgehead atoms. The molecule has 7 heteroatoms. The minimum atomic E-state index is -0.111. The highest BCUT2D eigenvalue weighted by molar-refractivity contribution is 8.02. The average molecular weight is 352 g/mol. The normalized spacial score (nSPS) is 14.2. The first-order valence-corrected chi connectivity index (χ1v) is 8.76.